The van der Waals surface area contributed by atoms with Crippen LogP contribution >= 0.6 is 11.6 Å². The molecular weight excluding hydrogens is 228 g/mol. The monoisotopic (exact) mass is 240 g/mol. The highest BCUT2D eigenvalue weighted by Crippen LogP contribution is 2.43. The highest BCUT2D eigenvalue weighted by molar-refractivity contribution is 6.30. The number of rotatable bonds is 1. The molecule has 0 unspecified atom stereocenters. The van der Waals surface area contributed by atoms with E-state index in [0.29, 0.717) is 16.5 Å². The highest BCUT2D eigenvalue weighted by atomic mass is 35.5. The van der Waals surface area contributed by atoms with Crippen molar-refractivity contribution in [2.24, 2.45) is 0 Å². The van der Waals surface area contributed by atoms with Crippen molar-refractivity contribution in [3.8, 4) is 11.5 Å². The first-order valence-electron chi connectivity index (χ1n) is 5.07. The van der Waals surface area contributed by atoms with Gasteiger partial charge in [-0.05, 0) is 19.9 Å². The minimum Gasteiger partial charge on any atom is -0.483 e. The molecule has 0 amide bonds. The van der Waals surface area contributed by atoms with Crippen molar-refractivity contribution in [2.45, 2.75) is 32.8 Å². The molecule has 0 radical (unpaired) electrons. The number of carbonyl (C=O) groups excluding carboxylic acids is 1. The molecule has 1 aliphatic heterocycles. The fourth-order valence-electron chi connectivity index (χ4n) is 1.87. The van der Waals surface area contributed by atoms with Gasteiger partial charge in [-0.25, -0.2) is 0 Å². The molecule has 1 aromatic carbocycles. The molecular formula is C12H13ClO3. The fraction of sp³-hybridized carbons (Fsp3) is 0.417. The number of benzene rings is 1. The molecule has 0 N–H and O–H groups in total. The van der Waals surface area contributed by atoms with Crippen LogP contribution in [0.2, 0.25) is 5.02 Å². The summed E-state index contributed by atoms with van der Waals surface area (Å²) >= 11 is 5.96. The van der Waals surface area contributed by atoms with E-state index >= 15 is 0 Å². The summed E-state index contributed by atoms with van der Waals surface area (Å²) in [5, 5.41) is 0.552. The first kappa shape index (κ1) is 11.3. The Kier molecular flexibility index (Phi) is 2.58. The van der Waals surface area contributed by atoms with Crippen molar-refractivity contribution >= 4 is 17.6 Å². The van der Waals surface area contributed by atoms with Gasteiger partial charge in [0.05, 0.1) is 0 Å². The van der Waals surface area contributed by atoms with Gasteiger partial charge in [-0.3, -0.25) is 4.79 Å². The average molecular weight is 241 g/mol. The number of halogens is 1. The third-order valence-electron chi connectivity index (χ3n) is 2.34. The Morgan fingerprint density at radius 3 is 2.81 bits per heavy atom. The Balaban J connectivity index is 2.45. The largest absolute Gasteiger partial charge is 0.483 e. The van der Waals surface area contributed by atoms with Crippen LogP contribution in [0, 0.1) is 0 Å². The SMILES string of the molecule is CC(=O)Oc1cc(Cl)cc2c1OC(C)(C)C2. The Morgan fingerprint density at radius 1 is 1.50 bits per heavy atom. The maximum absolute atomic E-state index is 11.0. The standard InChI is InChI=1S/C12H13ClO3/c1-7(14)15-10-5-9(13)4-8-6-12(2,3)16-11(8)10/h4-5H,6H2,1-3H3. The van der Waals surface area contributed by atoms with Gasteiger partial charge in [-0.1, -0.05) is 11.6 Å². The molecule has 0 saturated heterocycles. The summed E-state index contributed by atoms with van der Waals surface area (Å²) in [7, 11) is 0. The van der Waals surface area contributed by atoms with Crippen LogP contribution in [0.5, 0.6) is 11.5 Å². The Morgan fingerprint density at radius 2 is 2.19 bits per heavy atom. The van der Waals surface area contributed by atoms with Gasteiger partial charge in [0.15, 0.2) is 11.5 Å². The third-order valence-corrected chi connectivity index (χ3v) is 2.56. The van der Waals surface area contributed by atoms with E-state index in [1.165, 1.54) is 6.92 Å². The number of hydrogen-bond donors (Lipinski definition) is 0. The summed E-state index contributed by atoms with van der Waals surface area (Å²) in [5.74, 6) is 0.656. The zero-order valence-electron chi connectivity index (χ0n) is 9.46. The van der Waals surface area contributed by atoms with Gasteiger partial charge in [0, 0.05) is 30.0 Å². The Bertz CT molecular complexity index is 452. The van der Waals surface area contributed by atoms with Gasteiger partial charge < -0.3 is 9.47 Å². The van der Waals surface area contributed by atoms with Crippen LogP contribution in [0.4, 0.5) is 0 Å². The van der Waals surface area contributed by atoms with Crippen molar-refractivity contribution in [3.05, 3.63) is 22.7 Å². The van der Waals surface area contributed by atoms with Crippen LogP contribution in [-0.4, -0.2) is 11.6 Å². The third kappa shape index (κ3) is 2.14. The summed E-state index contributed by atoms with van der Waals surface area (Å²) in [6, 6.07) is 3.45. The summed E-state index contributed by atoms with van der Waals surface area (Å²) in [4.78, 5) is 11.0. The van der Waals surface area contributed by atoms with Gasteiger partial charge in [-0.15, -0.1) is 0 Å². The lowest BCUT2D eigenvalue weighted by molar-refractivity contribution is -0.132. The van der Waals surface area contributed by atoms with Crippen molar-refractivity contribution < 1.29 is 14.3 Å². The molecule has 2 rings (SSSR count). The van der Waals surface area contributed by atoms with Crippen molar-refractivity contribution in [1.82, 2.24) is 0 Å². The average Bonchev–Trinajstić information content (AvgIpc) is 2.38. The van der Waals surface area contributed by atoms with Gasteiger partial charge in [0.1, 0.15) is 5.60 Å². The molecule has 3 nitrogen and oxygen atoms in total. The predicted molar refractivity (Wildman–Crippen MR) is 61.2 cm³/mol. The minimum atomic E-state index is -0.377. The van der Waals surface area contributed by atoms with Gasteiger partial charge >= 0.3 is 5.97 Å². The zero-order valence-corrected chi connectivity index (χ0v) is 10.2. The van der Waals surface area contributed by atoms with Crippen molar-refractivity contribution in [2.75, 3.05) is 0 Å². The van der Waals surface area contributed by atoms with Crippen LogP contribution in [0.3, 0.4) is 0 Å². The van der Waals surface area contributed by atoms with E-state index in [0.717, 1.165) is 12.0 Å². The van der Waals surface area contributed by atoms with E-state index in [4.69, 9.17) is 21.1 Å². The number of fused-ring (bicyclic) bond motifs is 1. The molecule has 1 heterocycles. The molecule has 0 aliphatic carbocycles. The second-order valence-electron chi connectivity index (χ2n) is 4.52. The quantitative estimate of drug-likeness (QED) is 0.559. The first-order chi connectivity index (χ1) is 7.37. The van der Waals surface area contributed by atoms with E-state index in [1.807, 2.05) is 19.9 Å². The number of ether oxygens (including phenoxy) is 2. The normalized spacial score (nSPS) is 16.5. The lowest BCUT2D eigenvalue weighted by Gasteiger charge is -2.17. The summed E-state index contributed by atoms with van der Waals surface area (Å²) in [6.07, 6.45) is 0.761. The number of esters is 1. The van der Waals surface area contributed by atoms with Gasteiger partial charge in [0.25, 0.3) is 0 Å². The lowest BCUT2D eigenvalue weighted by Crippen LogP contribution is -2.24. The van der Waals surface area contributed by atoms with Crippen molar-refractivity contribution in [1.29, 1.82) is 0 Å². The van der Waals surface area contributed by atoms with Crippen molar-refractivity contribution in [3.63, 3.8) is 0 Å². The number of hydrogen-bond acceptors (Lipinski definition) is 3. The molecule has 0 bridgehead atoms. The fourth-order valence-corrected chi connectivity index (χ4v) is 2.10. The molecule has 0 atom stereocenters. The van der Waals surface area contributed by atoms with E-state index < -0.39 is 0 Å². The molecule has 0 spiro atoms. The highest BCUT2D eigenvalue weighted by Gasteiger charge is 2.33. The van der Waals surface area contributed by atoms with Crippen LogP contribution in [0.25, 0.3) is 0 Å². The molecule has 4 heteroatoms. The van der Waals surface area contributed by atoms with Crippen LogP contribution < -0.4 is 9.47 Å². The summed E-state index contributed by atoms with van der Waals surface area (Å²) < 4.78 is 10.8. The first-order valence-corrected chi connectivity index (χ1v) is 5.45. The Hall–Kier alpha value is -1.22. The molecule has 16 heavy (non-hydrogen) atoms. The maximum Gasteiger partial charge on any atom is 0.308 e. The van der Waals surface area contributed by atoms with Crippen LogP contribution in [-0.2, 0) is 11.2 Å². The second kappa shape index (κ2) is 3.67. The van der Waals surface area contributed by atoms with Gasteiger partial charge in [-0.2, -0.15) is 0 Å². The molecule has 0 aromatic heterocycles. The van der Waals surface area contributed by atoms with E-state index in [2.05, 4.69) is 0 Å². The topological polar surface area (TPSA) is 35.5 Å². The van der Waals surface area contributed by atoms with Gasteiger partial charge in [0.2, 0.25) is 0 Å². The van der Waals surface area contributed by atoms with Crippen LogP contribution in [0.15, 0.2) is 12.1 Å². The lowest BCUT2D eigenvalue weighted by atomic mass is 10.0. The smallest absolute Gasteiger partial charge is 0.308 e. The Labute approximate surface area is 99.3 Å². The summed E-state index contributed by atoms with van der Waals surface area (Å²) in [5.41, 5.74) is 0.704. The molecule has 1 aliphatic rings. The minimum absolute atomic E-state index is 0.276. The summed E-state index contributed by atoms with van der Waals surface area (Å²) in [6.45, 7) is 5.32. The van der Waals surface area contributed by atoms with E-state index in [-0.39, 0.29) is 11.6 Å². The zero-order chi connectivity index (χ0) is 11.9. The van der Waals surface area contributed by atoms with E-state index in [1.54, 1.807) is 6.07 Å². The predicted octanol–water partition coefficient (Wildman–Crippen LogP) is 2.98. The molecule has 1 aromatic rings. The molecule has 0 fully saturated rings. The number of carbonyl (C=O) groups is 1. The maximum atomic E-state index is 11.0. The van der Waals surface area contributed by atoms with E-state index in [9.17, 15) is 4.79 Å². The second-order valence-corrected chi connectivity index (χ2v) is 4.96. The van der Waals surface area contributed by atoms with Crippen LogP contribution in [0.1, 0.15) is 26.3 Å². The molecule has 0 saturated carbocycles. The molecule has 86 valence electrons.